The molecule has 0 saturated carbocycles. The van der Waals surface area contributed by atoms with Crippen LogP contribution >= 0.6 is 0 Å². The first-order valence-corrected chi connectivity index (χ1v) is 17.9. The molecule has 1 aromatic rings. The third-order valence-corrected chi connectivity index (χ3v) is 8.59. The molecule has 0 radical (unpaired) electrons. The van der Waals surface area contributed by atoms with Gasteiger partial charge in [-0.15, -0.1) is 0 Å². The van der Waals surface area contributed by atoms with Gasteiger partial charge in [-0.25, -0.2) is 15.0 Å². The minimum Gasteiger partial charge on any atom is -0.263 e. The molecule has 0 aliphatic heterocycles. The number of halogens is 51. The maximum Gasteiger partial charge on any atom is 0.462 e. The Bertz CT molecular complexity index is 2300. The van der Waals surface area contributed by atoms with E-state index in [2.05, 4.69) is 0 Å². The van der Waals surface area contributed by atoms with Crippen LogP contribution in [0.1, 0.15) is 17.5 Å². The van der Waals surface area contributed by atoms with E-state index in [0.717, 1.165) is 28.4 Å². The van der Waals surface area contributed by atoms with E-state index in [1.54, 1.807) is 0 Å². The van der Waals surface area contributed by atoms with Gasteiger partial charge >= 0.3 is 145 Å². The predicted octanol–water partition coefficient (Wildman–Crippen LogP) is 15.9. The highest BCUT2D eigenvalue weighted by Crippen LogP contribution is 2.63. The van der Waals surface area contributed by atoms with Crippen LogP contribution in [0.2, 0.25) is 0 Å². The summed E-state index contributed by atoms with van der Waals surface area (Å²) >= 11 is 0. The normalized spacial score (nSPS) is 20.0. The number of ether oxygens (including phenoxy) is 6. The highest BCUT2D eigenvalue weighted by atomic mass is 19.5. The molecule has 1 heterocycles. The summed E-state index contributed by atoms with van der Waals surface area (Å²) < 4.78 is 712. The van der Waals surface area contributed by atoms with E-state index >= 15 is 13.2 Å². The van der Waals surface area contributed by atoms with Crippen LogP contribution < -0.4 is 0 Å². The van der Waals surface area contributed by atoms with Crippen LogP contribution in [0.5, 0.6) is 0 Å². The first kappa shape index (κ1) is 80.2. The molecule has 60 heteroatoms. The van der Waals surface area contributed by atoms with Gasteiger partial charge in [0.2, 0.25) is 17.5 Å². The molecule has 1 aromatic heterocycles. The van der Waals surface area contributed by atoms with Crippen molar-refractivity contribution in [1.29, 1.82) is 0 Å². The molecule has 6 unspecified atom stereocenters. The molecule has 0 saturated heterocycles. The highest BCUT2D eigenvalue weighted by Gasteiger charge is 2.90. The molecule has 1 rings (SSSR count). The molecule has 0 aliphatic carbocycles. The summed E-state index contributed by atoms with van der Waals surface area (Å²) in [6.07, 6.45) is -137. The van der Waals surface area contributed by atoms with Gasteiger partial charge in [-0.1, -0.05) is 0 Å². The van der Waals surface area contributed by atoms with Gasteiger partial charge in [0.15, 0.2) is 0 Å². The van der Waals surface area contributed by atoms with Crippen molar-refractivity contribution in [3.63, 3.8) is 0 Å². The Hall–Kier alpha value is -4.80. The zero-order valence-electron chi connectivity index (χ0n) is 36.6. The number of hydrogen-bond donors (Lipinski definition) is 0. The van der Waals surface area contributed by atoms with Crippen LogP contribution in [0, 0.1) is 0 Å². The Balaban J connectivity index is 5.32. The SMILES string of the molecule is FC(F)(F)C(F)(OC(F)(F)C(F)(OC(F)(F)C(F)(F)C(F)(F)F)C(F)(F)F)c1nc(C(F)(OC(F)(F)C(F)(OC(F)(F)C(F)(F)C(F)(F)F)C(F)(F)F)C(F)(F)F)nc(C(F)(OC(F)(F)C(F)(OC(F)(F)C(F)(F)C(F)(F)F)C(F)(F)F)C(F)(F)F)n1. The van der Waals surface area contributed by atoms with Gasteiger partial charge in [-0.2, -0.15) is 224 Å². The number of hydrogen-bond acceptors (Lipinski definition) is 9. The standard InChI is InChI=1S/C27F51N3O6/c28-4(13(40,41)42,82-25(73,74)10(37,19(58,59)60)85-22(67,68)7(31,32)16(49,50)51)1-79-2(5(29,14(43,44)45)83-26(75,76)11(38,20(61,62)63)86-23(69,70)8(33,34)17(52,53)54)81-3(80-1)6(30,15(46,47)48)84-27(77,78)12(39,21(64,65)66)87-24(71,72)9(35,36)18(55,56)57. The van der Waals surface area contributed by atoms with Crippen molar-refractivity contribution >= 4 is 0 Å². The van der Waals surface area contributed by atoms with Gasteiger partial charge in [0.1, 0.15) is 0 Å². The molecule has 9 nitrogen and oxygen atoms in total. The Morgan fingerprint density at radius 3 is 0.402 bits per heavy atom. The van der Waals surface area contributed by atoms with Crippen LogP contribution in [0.3, 0.4) is 0 Å². The zero-order valence-corrected chi connectivity index (χ0v) is 36.6. The van der Waals surface area contributed by atoms with Gasteiger partial charge in [0, 0.05) is 0 Å². The monoisotopic (exact) mass is 1430 g/mol. The lowest BCUT2D eigenvalue weighted by molar-refractivity contribution is -0.556. The molecule has 0 bridgehead atoms. The minimum atomic E-state index is -9.70. The summed E-state index contributed by atoms with van der Waals surface area (Å²) in [5, 5.41) is 0. The van der Waals surface area contributed by atoms with Gasteiger partial charge < -0.3 is 0 Å². The fourth-order valence-corrected chi connectivity index (χ4v) is 4.29. The molecule has 6 atom stereocenters. The van der Waals surface area contributed by atoms with Crippen LogP contribution in [-0.4, -0.2) is 143 Å². The number of aromatic nitrogens is 3. The Labute approximate surface area is 431 Å². The predicted molar refractivity (Wildman–Crippen MR) is 145 cm³/mol. The smallest absolute Gasteiger partial charge is 0.263 e. The molecule has 87 heavy (non-hydrogen) atoms. The quantitative estimate of drug-likeness (QED) is 0.112. The van der Waals surface area contributed by atoms with E-state index in [0.29, 0.717) is 0 Å². The molecule has 0 aromatic carbocycles. The number of alkyl halides is 51. The second-order valence-electron chi connectivity index (χ2n) is 14.8. The first-order chi connectivity index (χ1) is 36.8. The average molecular weight is 1430 g/mol. The maximum absolute atomic E-state index is 16.0. The van der Waals surface area contributed by atoms with Crippen molar-refractivity contribution in [1.82, 2.24) is 15.0 Å². The Morgan fingerprint density at radius 2 is 0.299 bits per heavy atom. The van der Waals surface area contributed by atoms with Crippen molar-refractivity contribution in [2.75, 3.05) is 0 Å². The average Bonchev–Trinajstić information content (AvgIpc) is 3.21. The van der Waals surface area contributed by atoms with Crippen LogP contribution in [0.4, 0.5) is 224 Å². The van der Waals surface area contributed by atoms with Crippen molar-refractivity contribution in [3.05, 3.63) is 17.5 Å². The van der Waals surface area contributed by atoms with Crippen LogP contribution in [0.25, 0.3) is 0 Å². The fraction of sp³-hybridized carbons (Fsp3) is 0.889. The van der Waals surface area contributed by atoms with E-state index in [1.165, 1.54) is 0 Å². The summed E-state index contributed by atoms with van der Waals surface area (Å²) in [5.41, 5.74) is 0. The minimum absolute atomic E-state index is 0.142. The number of rotatable bonds is 21. The zero-order chi connectivity index (χ0) is 71.1. The number of nitrogens with zero attached hydrogens (tertiary/aromatic N) is 3. The molecule has 0 N–H and O–H groups in total. The van der Waals surface area contributed by atoms with Gasteiger partial charge in [0.05, 0.1) is 0 Å². The largest absolute Gasteiger partial charge is 0.462 e. The van der Waals surface area contributed by atoms with Gasteiger partial charge in [0.25, 0.3) is 0 Å². The van der Waals surface area contributed by atoms with E-state index in [1.807, 2.05) is 0 Å². The first-order valence-electron chi connectivity index (χ1n) is 17.9. The van der Waals surface area contributed by atoms with Crippen molar-refractivity contribution in [2.24, 2.45) is 0 Å². The topological polar surface area (TPSA) is 94.1 Å². The summed E-state index contributed by atoms with van der Waals surface area (Å²) in [5.74, 6) is -102. The third kappa shape index (κ3) is 13.2. The summed E-state index contributed by atoms with van der Waals surface area (Å²) in [4.78, 5) is 0.425. The molecule has 0 spiro atoms. The molecule has 516 valence electrons. The van der Waals surface area contributed by atoms with Gasteiger partial charge in [-0.05, 0) is 0 Å². The Morgan fingerprint density at radius 1 is 0.161 bits per heavy atom. The molecule has 0 amide bonds. The lowest BCUT2D eigenvalue weighted by atomic mass is 10.1. The van der Waals surface area contributed by atoms with E-state index < -0.39 is 163 Å². The molecular weight excluding hydrogens is 1430 g/mol. The maximum atomic E-state index is 16.0. The second-order valence-corrected chi connectivity index (χ2v) is 14.8. The summed E-state index contributed by atoms with van der Waals surface area (Å²) in [6.45, 7) is 0. The van der Waals surface area contributed by atoms with E-state index in [-0.39, 0.29) is 15.0 Å². The van der Waals surface area contributed by atoms with Crippen molar-refractivity contribution < 1.29 is 252 Å². The molecule has 0 aliphatic rings. The van der Waals surface area contributed by atoms with Crippen molar-refractivity contribution in [2.45, 2.75) is 145 Å². The lowest BCUT2D eigenvalue weighted by Gasteiger charge is -2.41. The lowest BCUT2D eigenvalue weighted by Crippen LogP contribution is -2.67. The highest BCUT2D eigenvalue weighted by molar-refractivity contribution is 5.16. The Kier molecular flexibility index (Phi) is 19.5. The third-order valence-electron chi connectivity index (χ3n) is 8.59. The van der Waals surface area contributed by atoms with Gasteiger partial charge in [-0.3, -0.25) is 28.4 Å². The van der Waals surface area contributed by atoms with Crippen LogP contribution in [-0.2, 0) is 46.0 Å². The second kappa shape index (κ2) is 21.1. The van der Waals surface area contributed by atoms with Crippen LogP contribution in [0.15, 0.2) is 0 Å². The van der Waals surface area contributed by atoms with E-state index in [9.17, 15) is 211 Å². The summed E-state index contributed by atoms with van der Waals surface area (Å²) in [7, 11) is 0. The summed E-state index contributed by atoms with van der Waals surface area (Å²) in [6, 6.07) is 0. The molecular formula is C27F51N3O6. The molecule has 0 fully saturated rings. The van der Waals surface area contributed by atoms with Crippen molar-refractivity contribution in [3.8, 4) is 0 Å². The van der Waals surface area contributed by atoms with E-state index in [4.69, 9.17) is 0 Å². The fourth-order valence-electron chi connectivity index (χ4n) is 4.29.